The van der Waals surface area contributed by atoms with Gasteiger partial charge in [0.05, 0.1) is 30.1 Å². The van der Waals surface area contributed by atoms with Crippen molar-refractivity contribution in [2.24, 2.45) is 0 Å². The number of benzene rings is 1. The summed E-state index contributed by atoms with van der Waals surface area (Å²) in [4.78, 5) is 24.2. The van der Waals surface area contributed by atoms with E-state index >= 15 is 0 Å². The van der Waals surface area contributed by atoms with Crippen LogP contribution in [0.2, 0.25) is 0 Å². The van der Waals surface area contributed by atoms with E-state index in [-0.39, 0.29) is 11.9 Å². The molecule has 0 bridgehead atoms. The van der Waals surface area contributed by atoms with Crippen molar-refractivity contribution in [1.82, 2.24) is 9.88 Å². The van der Waals surface area contributed by atoms with Crippen molar-refractivity contribution >= 4 is 23.1 Å². The molecule has 0 spiro atoms. The predicted molar refractivity (Wildman–Crippen MR) is 123 cm³/mol. The highest BCUT2D eigenvalue weighted by molar-refractivity contribution is 6.02. The van der Waals surface area contributed by atoms with Crippen molar-refractivity contribution in [2.45, 2.75) is 31.8 Å². The van der Waals surface area contributed by atoms with Gasteiger partial charge in [-0.3, -0.25) is 9.69 Å². The zero-order valence-electron chi connectivity index (χ0n) is 18.4. The molecule has 0 aliphatic carbocycles. The van der Waals surface area contributed by atoms with Gasteiger partial charge in [-0.2, -0.15) is 5.26 Å². The number of nitrogens with one attached hydrogen (secondary N) is 1. The Morgan fingerprint density at radius 3 is 2.81 bits per heavy atom. The Morgan fingerprint density at radius 1 is 1.19 bits per heavy atom. The van der Waals surface area contributed by atoms with E-state index in [0.29, 0.717) is 5.56 Å². The minimum absolute atomic E-state index is 0.0677. The molecule has 166 valence electrons. The van der Waals surface area contributed by atoms with Crippen LogP contribution < -0.4 is 19.9 Å². The normalized spacial score (nSPS) is 20.8. The highest BCUT2D eigenvalue weighted by Gasteiger charge is 2.35. The van der Waals surface area contributed by atoms with Crippen LogP contribution in [0, 0.1) is 11.3 Å². The average Bonchev–Trinajstić information content (AvgIpc) is 2.84. The second-order valence-electron chi connectivity index (χ2n) is 8.67. The third-order valence-corrected chi connectivity index (χ3v) is 6.69. The van der Waals surface area contributed by atoms with E-state index in [2.05, 4.69) is 32.2 Å². The number of carbonyl (C=O) groups excluding carboxylic acids is 1. The van der Waals surface area contributed by atoms with Crippen molar-refractivity contribution in [3.63, 3.8) is 0 Å². The van der Waals surface area contributed by atoms with Gasteiger partial charge in [-0.15, -0.1) is 0 Å². The largest absolute Gasteiger partial charge is 0.495 e. The Bertz CT molecular complexity index is 1060. The molecule has 8 nitrogen and oxygen atoms in total. The van der Waals surface area contributed by atoms with E-state index in [1.165, 1.54) is 0 Å². The number of anilines is 3. The minimum atomic E-state index is -0.0677. The molecule has 4 heterocycles. The molecular formula is C24H28N6O2. The van der Waals surface area contributed by atoms with Crippen LogP contribution in [0.3, 0.4) is 0 Å². The molecule has 3 aliphatic rings. The Labute approximate surface area is 188 Å². The molecule has 1 unspecified atom stereocenters. The number of piperidine rings is 1. The van der Waals surface area contributed by atoms with Crippen LogP contribution in [0.5, 0.6) is 5.75 Å². The number of piperazine rings is 1. The van der Waals surface area contributed by atoms with Gasteiger partial charge in [-0.1, -0.05) is 0 Å². The first-order valence-electron chi connectivity index (χ1n) is 11.3. The third-order valence-electron chi connectivity index (χ3n) is 6.69. The fraction of sp³-hybridized carbons (Fsp3) is 0.458. The summed E-state index contributed by atoms with van der Waals surface area (Å²) in [6.07, 6.45) is 5.07. The molecule has 0 radical (unpaired) electrons. The van der Waals surface area contributed by atoms with Gasteiger partial charge in [0.2, 0.25) is 5.91 Å². The second kappa shape index (κ2) is 8.67. The van der Waals surface area contributed by atoms with Gasteiger partial charge in [0.1, 0.15) is 11.8 Å². The van der Waals surface area contributed by atoms with Gasteiger partial charge >= 0.3 is 0 Å². The topological polar surface area (TPSA) is 84.7 Å². The lowest BCUT2D eigenvalue weighted by Gasteiger charge is -2.40. The van der Waals surface area contributed by atoms with Crippen LogP contribution >= 0.6 is 0 Å². The first-order chi connectivity index (χ1) is 15.7. The van der Waals surface area contributed by atoms with Crippen molar-refractivity contribution < 1.29 is 9.53 Å². The monoisotopic (exact) mass is 432 g/mol. The number of carbonyl (C=O) groups is 1. The minimum Gasteiger partial charge on any atom is -0.495 e. The zero-order valence-corrected chi connectivity index (χ0v) is 18.4. The van der Waals surface area contributed by atoms with Crippen LogP contribution in [-0.4, -0.2) is 61.7 Å². The van der Waals surface area contributed by atoms with Crippen LogP contribution in [-0.2, 0) is 11.3 Å². The maximum atomic E-state index is 12.5. The van der Waals surface area contributed by atoms with Gasteiger partial charge in [-0.05, 0) is 43.0 Å². The lowest BCUT2D eigenvalue weighted by atomic mass is 9.99. The van der Waals surface area contributed by atoms with Crippen molar-refractivity contribution in [3.8, 4) is 11.8 Å². The van der Waals surface area contributed by atoms with E-state index in [1.54, 1.807) is 13.2 Å². The van der Waals surface area contributed by atoms with Gasteiger partial charge in [0.25, 0.3) is 0 Å². The number of rotatable bonds is 4. The van der Waals surface area contributed by atoms with Crippen LogP contribution in [0.15, 0.2) is 30.5 Å². The standard InChI is InChI=1S/C24H28N6O2/c1-32-22-13-17(14-25)5-6-20(22)29-10-8-28(9-11-29)16-18-12-19-23(26-15-18)30-7-3-2-4-21(30)24(31)27-19/h5-6,12-13,15,21H,2-4,7-11,16H2,1H3,(H,27,31). The molecule has 1 amide bonds. The van der Waals surface area contributed by atoms with E-state index in [0.717, 1.165) is 87.0 Å². The number of nitriles is 1. The van der Waals surface area contributed by atoms with Crippen molar-refractivity contribution in [2.75, 3.05) is 55.0 Å². The Kier molecular flexibility index (Phi) is 5.58. The highest BCUT2D eigenvalue weighted by atomic mass is 16.5. The van der Waals surface area contributed by atoms with Crippen LogP contribution in [0.25, 0.3) is 0 Å². The number of amides is 1. The fourth-order valence-corrected chi connectivity index (χ4v) is 5.00. The van der Waals surface area contributed by atoms with Crippen LogP contribution in [0.4, 0.5) is 17.2 Å². The molecule has 2 aromatic rings. The maximum Gasteiger partial charge on any atom is 0.247 e. The molecule has 2 fully saturated rings. The summed E-state index contributed by atoms with van der Waals surface area (Å²) in [5.41, 5.74) is 3.59. The quantitative estimate of drug-likeness (QED) is 0.795. The fourth-order valence-electron chi connectivity index (χ4n) is 5.00. The van der Waals surface area contributed by atoms with E-state index in [1.807, 2.05) is 18.3 Å². The van der Waals surface area contributed by atoms with Crippen LogP contribution in [0.1, 0.15) is 30.4 Å². The number of pyridine rings is 1. The summed E-state index contributed by atoms with van der Waals surface area (Å²) in [5, 5.41) is 12.2. The average molecular weight is 433 g/mol. The highest BCUT2D eigenvalue weighted by Crippen LogP contribution is 2.35. The molecule has 1 atom stereocenters. The lowest BCUT2D eigenvalue weighted by molar-refractivity contribution is -0.118. The van der Waals surface area contributed by atoms with Crippen molar-refractivity contribution in [3.05, 3.63) is 41.6 Å². The predicted octanol–water partition coefficient (Wildman–Crippen LogP) is 2.60. The molecule has 5 rings (SSSR count). The van der Waals surface area contributed by atoms with Crippen molar-refractivity contribution in [1.29, 1.82) is 5.26 Å². The van der Waals surface area contributed by atoms with Gasteiger partial charge in [-0.25, -0.2) is 4.98 Å². The Morgan fingerprint density at radius 2 is 2.03 bits per heavy atom. The molecule has 32 heavy (non-hydrogen) atoms. The molecule has 8 heteroatoms. The third kappa shape index (κ3) is 3.84. The number of fused-ring (bicyclic) bond motifs is 3. The molecular weight excluding hydrogens is 404 g/mol. The summed E-state index contributed by atoms with van der Waals surface area (Å²) in [6.45, 7) is 5.30. The summed E-state index contributed by atoms with van der Waals surface area (Å²) in [5.74, 6) is 1.75. The Balaban J connectivity index is 1.24. The molecule has 3 aliphatic heterocycles. The number of hydrogen-bond donors (Lipinski definition) is 1. The van der Waals surface area contributed by atoms with E-state index < -0.39 is 0 Å². The Hall–Kier alpha value is -3.31. The number of methoxy groups -OCH3 is 1. The van der Waals surface area contributed by atoms with E-state index in [4.69, 9.17) is 15.0 Å². The first-order valence-corrected chi connectivity index (χ1v) is 11.3. The molecule has 1 aromatic carbocycles. The molecule has 1 aromatic heterocycles. The lowest BCUT2D eigenvalue weighted by Crippen LogP contribution is -2.51. The number of hydrogen-bond acceptors (Lipinski definition) is 7. The number of nitrogens with zero attached hydrogens (tertiary/aromatic N) is 5. The number of ether oxygens (including phenoxy) is 1. The summed E-state index contributed by atoms with van der Waals surface area (Å²) >= 11 is 0. The summed E-state index contributed by atoms with van der Waals surface area (Å²) < 4.78 is 5.51. The smallest absolute Gasteiger partial charge is 0.247 e. The summed E-state index contributed by atoms with van der Waals surface area (Å²) in [6, 6.07) is 9.78. The molecule has 2 saturated heterocycles. The first kappa shape index (κ1) is 20.6. The second-order valence-corrected chi connectivity index (χ2v) is 8.67. The van der Waals surface area contributed by atoms with Gasteiger partial charge < -0.3 is 19.9 Å². The summed E-state index contributed by atoms with van der Waals surface area (Å²) in [7, 11) is 1.64. The van der Waals surface area contributed by atoms with E-state index in [9.17, 15) is 4.79 Å². The van der Waals surface area contributed by atoms with Gasteiger partial charge in [0.15, 0.2) is 5.82 Å². The number of aromatic nitrogens is 1. The SMILES string of the molecule is COc1cc(C#N)ccc1N1CCN(Cc2cnc3c(c2)NC(=O)C2CCCCN32)CC1. The molecule has 0 saturated carbocycles. The maximum absolute atomic E-state index is 12.5. The zero-order chi connectivity index (χ0) is 22.1. The molecule has 1 N–H and O–H groups in total. The van der Waals surface area contributed by atoms with Gasteiger partial charge in [0, 0.05) is 51.5 Å².